The predicted molar refractivity (Wildman–Crippen MR) is 31.3 cm³/mol. The van der Waals surface area contributed by atoms with Crippen LogP contribution in [0.15, 0.2) is 12.2 Å². The number of hydrogen-bond donors (Lipinski definition) is 2. The molecule has 8 heavy (non-hydrogen) atoms. The van der Waals surface area contributed by atoms with Gasteiger partial charge in [0.2, 0.25) is 0 Å². The zero-order valence-corrected chi connectivity index (χ0v) is 4.18. The van der Waals surface area contributed by atoms with Gasteiger partial charge in [-0.15, -0.1) is 0 Å². The zero-order chi connectivity index (χ0) is 6.41. The summed E-state index contributed by atoms with van der Waals surface area (Å²) in [6.07, 6.45) is 3.60. The number of hydrogen-bond acceptors (Lipinski definition) is 3. The minimum Gasteiger partial charge on any atom is -0.309 e. The Kier molecular flexibility index (Phi) is 3.08. The van der Waals surface area contributed by atoms with Crippen molar-refractivity contribution >= 4 is 11.9 Å². The fourth-order valence-corrected chi connectivity index (χ4v) is 0.182. The largest absolute Gasteiger partial charge is 0.309 e. The van der Waals surface area contributed by atoms with Gasteiger partial charge < -0.3 is 5.41 Å². The highest BCUT2D eigenvalue weighted by Crippen LogP contribution is 1.70. The van der Waals surface area contributed by atoms with Crippen molar-refractivity contribution in [3.05, 3.63) is 12.2 Å². The first-order valence-electron chi connectivity index (χ1n) is 1.97. The Balaban J connectivity index is 3.75. The molecule has 0 aromatic heterocycles. The molecule has 0 atom stereocenters. The second-order valence-corrected chi connectivity index (χ2v) is 1.05. The third-order valence-electron chi connectivity index (χ3n) is 0.480. The highest BCUT2D eigenvalue weighted by molar-refractivity contribution is 6.06. The summed E-state index contributed by atoms with van der Waals surface area (Å²) in [7, 11) is 0. The third-order valence-corrected chi connectivity index (χ3v) is 0.480. The number of nitrogens with one attached hydrogen (secondary N) is 2. The molecule has 0 unspecified atom stereocenters. The monoisotopic (exact) mass is 107 g/mol. The van der Waals surface area contributed by atoms with Gasteiger partial charge in [-0.1, -0.05) is 0 Å². The molecule has 0 aliphatic rings. The first-order chi connectivity index (χ1) is 3.81. The maximum absolute atomic E-state index is 7.96. The number of nitriles is 1. The first kappa shape index (κ1) is 6.57. The van der Waals surface area contributed by atoms with Gasteiger partial charge in [-0.05, 0) is 12.2 Å². The van der Waals surface area contributed by atoms with Crippen molar-refractivity contribution in [1.82, 2.24) is 0 Å². The molecule has 3 heteroatoms. The average Bonchev–Trinajstić information content (AvgIpc) is 1.83. The van der Waals surface area contributed by atoms with Gasteiger partial charge in [0.05, 0.1) is 0 Å². The summed E-state index contributed by atoms with van der Waals surface area (Å²) in [5, 5.41) is 21.1. The summed E-state index contributed by atoms with van der Waals surface area (Å²) in [4.78, 5) is 0. The van der Waals surface area contributed by atoms with Crippen LogP contribution in [0.3, 0.4) is 0 Å². The quantitative estimate of drug-likeness (QED) is 0.502. The first-order valence-corrected chi connectivity index (χ1v) is 1.97. The van der Waals surface area contributed by atoms with Gasteiger partial charge in [0.1, 0.15) is 11.8 Å². The molecular formula is C5H5N3. The second-order valence-electron chi connectivity index (χ2n) is 1.05. The molecule has 0 aromatic carbocycles. The minimum atomic E-state index is -0.131. The minimum absolute atomic E-state index is 0.131. The SMILES string of the molecule is N#CC(=N)/C=C\C=N. The van der Waals surface area contributed by atoms with E-state index in [-0.39, 0.29) is 5.71 Å². The van der Waals surface area contributed by atoms with E-state index in [1.807, 2.05) is 0 Å². The Morgan fingerprint density at radius 2 is 2.25 bits per heavy atom. The third kappa shape index (κ3) is 2.79. The summed E-state index contributed by atoms with van der Waals surface area (Å²) in [5.74, 6) is 0. The summed E-state index contributed by atoms with van der Waals surface area (Å²) in [6.45, 7) is 0. The Labute approximate surface area is 47.3 Å². The van der Waals surface area contributed by atoms with Gasteiger partial charge >= 0.3 is 0 Å². The lowest BCUT2D eigenvalue weighted by atomic mass is 10.4. The molecule has 0 aromatic rings. The lowest BCUT2D eigenvalue weighted by Crippen LogP contribution is -1.81. The molecule has 0 rings (SSSR count). The molecule has 0 saturated heterocycles. The molecule has 0 bridgehead atoms. The molecule has 0 spiro atoms. The molecule has 0 amide bonds. The van der Waals surface area contributed by atoms with Gasteiger partial charge in [-0.2, -0.15) is 5.26 Å². The van der Waals surface area contributed by atoms with E-state index in [1.54, 1.807) is 6.07 Å². The molecule has 3 nitrogen and oxygen atoms in total. The van der Waals surface area contributed by atoms with Gasteiger partial charge in [-0.3, -0.25) is 5.41 Å². The van der Waals surface area contributed by atoms with Crippen LogP contribution < -0.4 is 0 Å². The lowest BCUT2D eigenvalue weighted by molar-refractivity contribution is 1.49. The molecule has 0 fully saturated rings. The van der Waals surface area contributed by atoms with Gasteiger partial charge in [0.15, 0.2) is 0 Å². The average molecular weight is 107 g/mol. The van der Waals surface area contributed by atoms with Gasteiger partial charge in [-0.25, -0.2) is 0 Å². The number of allylic oxidation sites excluding steroid dienone is 2. The molecule has 40 valence electrons. The Morgan fingerprint density at radius 3 is 2.62 bits per heavy atom. The van der Waals surface area contributed by atoms with E-state index >= 15 is 0 Å². The van der Waals surface area contributed by atoms with E-state index in [2.05, 4.69) is 0 Å². The van der Waals surface area contributed by atoms with Crippen LogP contribution in [0.1, 0.15) is 0 Å². The van der Waals surface area contributed by atoms with Crippen LogP contribution in [0.2, 0.25) is 0 Å². The maximum atomic E-state index is 7.96. The highest BCUT2D eigenvalue weighted by atomic mass is 14.4. The predicted octanol–water partition coefficient (Wildman–Crippen LogP) is 0.736. The fourth-order valence-electron chi connectivity index (χ4n) is 0.182. The summed E-state index contributed by atoms with van der Waals surface area (Å²) < 4.78 is 0. The van der Waals surface area contributed by atoms with E-state index in [1.165, 1.54) is 12.2 Å². The second kappa shape index (κ2) is 3.75. The molecule has 0 heterocycles. The van der Waals surface area contributed by atoms with Crippen molar-refractivity contribution < 1.29 is 0 Å². The fraction of sp³-hybridized carbons (Fsp3) is 0. The van der Waals surface area contributed by atoms with Crippen molar-refractivity contribution in [3.63, 3.8) is 0 Å². The normalized spacial score (nSPS) is 8.38. The van der Waals surface area contributed by atoms with Crippen LogP contribution in [0.4, 0.5) is 0 Å². The highest BCUT2D eigenvalue weighted by Gasteiger charge is 1.78. The van der Waals surface area contributed by atoms with E-state index < -0.39 is 0 Å². The van der Waals surface area contributed by atoms with Gasteiger partial charge in [0.25, 0.3) is 0 Å². The lowest BCUT2D eigenvalue weighted by Gasteiger charge is -1.71. The number of nitrogens with zero attached hydrogens (tertiary/aromatic N) is 1. The van der Waals surface area contributed by atoms with Crippen molar-refractivity contribution in [1.29, 1.82) is 16.1 Å². The smallest absolute Gasteiger partial charge is 0.132 e. The topological polar surface area (TPSA) is 71.5 Å². The van der Waals surface area contributed by atoms with E-state index in [0.29, 0.717) is 0 Å². The van der Waals surface area contributed by atoms with Crippen LogP contribution in [0.5, 0.6) is 0 Å². The van der Waals surface area contributed by atoms with Crippen molar-refractivity contribution in [3.8, 4) is 6.07 Å². The number of rotatable bonds is 2. The van der Waals surface area contributed by atoms with Crippen molar-refractivity contribution in [2.75, 3.05) is 0 Å². The van der Waals surface area contributed by atoms with Crippen molar-refractivity contribution in [2.24, 2.45) is 0 Å². The van der Waals surface area contributed by atoms with Crippen LogP contribution >= 0.6 is 0 Å². The van der Waals surface area contributed by atoms with E-state index in [9.17, 15) is 0 Å². The van der Waals surface area contributed by atoms with Crippen LogP contribution in [0.25, 0.3) is 0 Å². The molecule has 0 aliphatic heterocycles. The van der Waals surface area contributed by atoms with Gasteiger partial charge in [0, 0.05) is 6.21 Å². The van der Waals surface area contributed by atoms with Crippen molar-refractivity contribution in [2.45, 2.75) is 0 Å². The standard InChI is InChI=1S/C5H5N3/c6-3-1-2-5(8)4-7/h1-3,6,8H/b2-1-,6-3?,8-5?. The van der Waals surface area contributed by atoms with E-state index in [4.69, 9.17) is 16.1 Å². The van der Waals surface area contributed by atoms with Crippen LogP contribution in [-0.2, 0) is 0 Å². The Bertz CT molecular complexity index is 161. The summed E-state index contributed by atoms with van der Waals surface area (Å²) in [6, 6.07) is 1.59. The van der Waals surface area contributed by atoms with Crippen LogP contribution in [-0.4, -0.2) is 11.9 Å². The summed E-state index contributed by atoms with van der Waals surface area (Å²) in [5.41, 5.74) is -0.131. The maximum Gasteiger partial charge on any atom is 0.132 e. The summed E-state index contributed by atoms with van der Waals surface area (Å²) >= 11 is 0. The molecule has 2 N–H and O–H groups in total. The Hall–Kier alpha value is -1.43. The zero-order valence-electron chi connectivity index (χ0n) is 4.18. The molecule has 0 aliphatic carbocycles. The Morgan fingerprint density at radius 1 is 1.62 bits per heavy atom. The molecule has 0 radical (unpaired) electrons. The molecule has 0 saturated carbocycles. The van der Waals surface area contributed by atoms with Crippen LogP contribution in [0, 0.1) is 22.1 Å². The van der Waals surface area contributed by atoms with E-state index in [0.717, 1.165) is 6.21 Å². The molecular weight excluding hydrogens is 102 g/mol.